The van der Waals surface area contributed by atoms with Crippen LogP contribution in [0.15, 0.2) is 24.3 Å². The van der Waals surface area contributed by atoms with Crippen molar-refractivity contribution in [2.75, 3.05) is 12.8 Å². The molecule has 0 aliphatic carbocycles. The summed E-state index contributed by atoms with van der Waals surface area (Å²) < 4.78 is 5.11. The van der Waals surface area contributed by atoms with E-state index in [4.69, 9.17) is 10.5 Å². The SMILES string of the molecule is CCCc1cccc2c(N)cc(COC)nc12. The zero-order chi connectivity index (χ0) is 12.3. The van der Waals surface area contributed by atoms with E-state index >= 15 is 0 Å². The average Bonchev–Trinajstić information content (AvgIpc) is 2.31. The van der Waals surface area contributed by atoms with Gasteiger partial charge in [-0.05, 0) is 18.1 Å². The van der Waals surface area contributed by atoms with Gasteiger partial charge in [0, 0.05) is 18.2 Å². The van der Waals surface area contributed by atoms with Crippen LogP contribution in [0.25, 0.3) is 10.9 Å². The molecule has 2 N–H and O–H groups in total. The van der Waals surface area contributed by atoms with E-state index in [0.717, 1.165) is 35.1 Å². The second kappa shape index (κ2) is 5.15. The van der Waals surface area contributed by atoms with Gasteiger partial charge in [0.2, 0.25) is 0 Å². The summed E-state index contributed by atoms with van der Waals surface area (Å²) in [6.45, 7) is 2.67. The van der Waals surface area contributed by atoms with E-state index in [1.165, 1.54) is 5.56 Å². The Hall–Kier alpha value is -1.61. The number of benzene rings is 1. The minimum atomic E-state index is 0.501. The fourth-order valence-corrected chi connectivity index (χ4v) is 2.08. The van der Waals surface area contributed by atoms with E-state index in [1.807, 2.05) is 18.2 Å². The van der Waals surface area contributed by atoms with Crippen LogP contribution in [0.4, 0.5) is 5.69 Å². The number of nitrogens with zero attached hydrogens (tertiary/aromatic N) is 1. The van der Waals surface area contributed by atoms with Crippen LogP contribution in [0, 0.1) is 0 Å². The number of hydrogen-bond donors (Lipinski definition) is 1. The molecule has 90 valence electrons. The number of fused-ring (bicyclic) bond motifs is 1. The van der Waals surface area contributed by atoms with Gasteiger partial charge in [-0.3, -0.25) is 0 Å². The smallest absolute Gasteiger partial charge is 0.0885 e. The molecule has 0 saturated heterocycles. The fourth-order valence-electron chi connectivity index (χ4n) is 2.08. The third kappa shape index (κ3) is 2.39. The minimum absolute atomic E-state index is 0.501. The average molecular weight is 230 g/mol. The Labute approximate surface area is 102 Å². The highest BCUT2D eigenvalue weighted by atomic mass is 16.5. The van der Waals surface area contributed by atoms with Gasteiger partial charge in [0.1, 0.15) is 0 Å². The van der Waals surface area contributed by atoms with Crippen molar-refractivity contribution in [1.29, 1.82) is 0 Å². The number of methoxy groups -OCH3 is 1. The Morgan fingerprint density at radius 1 is 1.35 bits per heavy atom. The number of nitrogen functional groups attached to an aromatic ring is 1. The summed E-state index contributed by atoms with van der Waals surface area (Å²) in [6.07, 6.45) is 2.13. The first-order valence-corrected chi connectivity index (χ1v) is 5.92. The van der Waals surface area contributed by atoms with Crippen molar-refractivity contribution in [2.45, 2.75) is 26.4 Å². The van der Waals surface area contributed by atoms with E-state index in [-0.39, 0.29) is 0 Å². The van der Waals surface area contributed by atoms with Crippen LogP contribution in [0.5, 0.6) is 0 Å². The van der Waals surface area contributed by atoms with Crippen molar-refractivity contribution in [1.82, 2.24) is 4.98 Å². The summed E-state index contributed by atoms with van der Waals surface area (Å²) in [4.78, 5) is 4.64. The van der Waals surface area contributed by atoms with Gasteiger partial charge in [-0.2, -0.15) is 0 Å². The highest BCUT2D eigenvalue weighted by Crippen LogP contribution is 2.24. The number of ether oxygens (including phenoxy) is 1. The van der Waals surface area contributed by atoms with Gasteiger partial charge in [0.15, 0.2) is 0 Å². The van der Waals surface area contributed by atoms with Crippen molar-refractivity contribution in [3.05, 3.63) is 35.5 Å². The summed E-state index contributed by atoms with van der Waals surface area (Å²) in [5, 5.41) is 1.04. The Balaban J connectivity index is 2.60. The summed E-state index contributed by atoms with van der Waals surface area (Å²) in [5.74, 6) is 0. The molecule has 0 radical (unpaired) electrons. The first kappa shape index (κ1) is 11.9. The molecule has 3 heteroatoms. The number of aryl methyl sites for hydroxylation is 1. The Kier molecular flexibility index (Phi) is 3.59. The maximum absolute atomic E-state index is 6.06. The van der Waals surface area contributed by atoms with Crippen LogP contribution >= 0.6 is 0 Å². The number of nitrogens with two attached hydrogens (primary N) is 1. The number of para-hydroxylation sites is 1. The zero-order valence-electron chi connectivity index (χ0n) is 10.4. The monoisotopic (exact) mass is 230 g/mol. The summed E-state index contributed by atoms with van der Waals surface area (Å²) >= 11 is 0. The van der Waals surface area contributed by atoms with Gasteiger partial charge in [-0.25, -0.2) is 4.98 Å². The first-order chi connectivity index (χ1) is 8.26. The quantitative estimate of drug-likeness (QED) is 0.878. The molecule has 0 unspecified atom stereocenters. The van der Waals surface area contributed by atoms with Crippen LogP contribution in [0.2, 0.25) is 0 Å². The van der Waals surface area contributed by atoms with E-state index in [1.54, 1.807) is 7.11 Å². The standard InChI is InChI=1S/C14H18N2O/c1-3-5-10-6-4-7-12-13(15)8-11(9-17-2)16-14(10)12/h4,6-8H,3,5,9H2,1-2H3,(H2,15,16). The molecule has 0 fully saturated rings. The van der Waals surface area contributed by atoms with E-state index in [0.29, 0.717) is 6.61 Å². The van der Waals surface area contributed by atoms with Crippen LogP contribution in [-0.4, -0.2) is 12.1 Å². The molecule has 0 amide bonds. The molecule has 0 saturated carbocycles. The van der Waals surface area contributed by atoms with Crippen molar-refractivity contribution >= 4 is 16.6 Å². The molecular weight excluding hydrogens is 212 g/mol. The summed E-state index contributed by atoms with van der Waals surface area (Å²) in [6, 6.07) is 8.07. The fraction of sp³-hybridized carbons (Fsp3) is 0.357. The normalized spacial score (nSPS) is 10.9. The first-order valence-electron chi connectivity index (χ1n) is 5.92. The molecule has 0 bridgehead atoms. The van der Waals surface area contributed by atoms with Gasteiger partial charge in [-0.15, -0.1) is 0 Å². The number of rotatable bonds is 4. The molecule has 1 aromatic heterocycles. The molecule has 0 spiro atoms. The lowest BCUT2D eigenvalue weighted by Crippen LogP contribution is -1.99. The molecule has 1 heterocycles. The summed E-state index contributed by atoms with van der Waals surface area (Å²) in [5.41, 5.74) is 10.00. The summed E-state index contributed by atoms with van der Waals surface area (Å²) in [7, 11) is 1.67. The van der Waals surface area contributed by atoms with Gasteiger partial charge in [-0.1, -0.05) is 31.5 Å². The lowest BCUT2D eigenvalue weighted by molar-refractivity contribution is 0.182. The van der Waals surface area contributed by atoms with Gasteiger partial charge in [0.25, 0.3) is 0 Å². The number of anilines is 1. The molecule has 2 aromatic rings. The van der Waals surface area contributed by atoms with Crippen LogP contribution in [0.1, 0.15) is 24.6 Å². The molecule has 17 heavy (non-hydrogen) atoms. The largest absolute Gasteiger partial charge is 0.398 e. The molecule has 2 rings (SSSR count). The van der Waals surface area contributed by atoms with Crippen LogP contribution < -0.4 is 5.73 Å². The Morgan fingerprint density at radius 2 is 2.18 bits per heavy atom. The maximum atomic E-state index is 6.06. The lowest BCUT2D eigenvalue weighted by atomic mass is 10.0. The molecule has 0 aliphatic rings. The molecular formula is C14H18N2O. The predicted octanol–water partition coefficient (Wildman–Crippen LogP) is 2.92. The molecule has 1 aromatic carbocycles. The van der Waals surface area contributed by atoms with Crippen molar-refractivity contribution in [3.8, 4) is 0 Å². The molecule has 0 atom stereocenters. The van der Waals surface area contributed by atoms with Crippen LogP contribution in [-0.2, 0) is 17.8 Å². The van der Waals surface area contributed by atoms with E-state index in [9.17, 15) is 0 Å². The number of hydrogen-bond acceptors (Lipinski definition) is 3. The Morgan fingerprint density at radius 3 is 2.88 bits per heavy atom. The van der Waals surface area contributed by atoms with Crippen molar-refractivity contribution < 1.29 is 4.74 Å². The second-order valence-electron chi connectivity index (χ2n) is 4.20. The molecule has 3 nitrogen and oxygen atoms in total. The van der Waals surface area contributed by atoms with E-state index in [2.05, 4.69) is 18.0 Å². The minimum Gasteiger partial charge on any atom is -0.398 e. The maximum Gasteiger partial charge on any atom is 0.0885 e. The van der Waals surface area contributed by atoms with Crippen molar-refractivity contribution in [2.24, 2.45) is 0 Å². The van der Waals surface area contributed by atoms with Gasteiger partial charge >= 0.3 is 0 Å². The van der Waals surface area contributed by atoms with Crippen molar-refractivity contribution in [3.63, 3.8) is 0 Å². The Bertz CT molecular complexity index is 523. The van der Waals surface area contributed by atoms with Gasteiger partial charge < -0.3 is 10.5 Å². The number of pyridine rings is 1. The van der Waals surface area contributed by atoms with Crippen LogP contribution in [0.3, 0.4) is 0 Å². The topological polar surface area (TPSA) is 48.1 Å². The third-order valence-corrected chi connectivity index (χ3v) is 2.82. The van der Waals surface area contributed by atoms with E-state index < -0.39 is 0 Å². The predicted molar refractivity (Wildman–Crippen MR) is 70.9 cm³/mol. The molecule has 0 aliphatic heterocycles. The second-order valence-corrected chi connectivity index (χ2v) is 4.20. The highest BCUT2D eigenvalue weighted by Gasteiger charge is 2.07. The number of aromatic nitrogens is 1. The van der Waals surface area contributed by atoms with Gasteiger partial charge in [0.05, 0.1) is 17.8 Å². The zero-order valence-corrected chi connectivity index (χ0v) is 10.4. The third-order valence-electron chi connectivity index (χ3n) is 2.82. The highest BCUT2D eigenvalue weighted by molar-refractivity contribution is 5.92. The lowest BCUT2D eigenvalue weighted by Gasteiger charge is -2.09.